The molecule has 0 spiro atoms. The molecule has 0 aliphatic rings. The van der Waals surface area contributed by atoms with Crippen LogP contribution < -0.4 is 10.6 Å². The van der Waals surface area contributed by atoms with Crippen molar-refractivity contribution in [2.24, 2.45) is 0 Å². The third-order valence-electron chi connectivity index (χ3n) is 3.28. The Hall–Kier alpha value is -2.44. The van der Waals surface area contributed by atoms with E-state index in [0.717, 1.165) is 16.3 Å². The Bertz CT molecular complexity index is 865. The minimum Gasteiger partial charge on any atom is -0.379 e. The van der Waals surface area contributed by atoms with Crippen LogP contribution in [0.2, 0.25) is 4.47 Å². The first-order valence-electron chi connectivity index (χ1n) is 7.30. The Labute approximate surface area is 148 Å². The number of nitrogens with zero attached hydrogens (tertiary/aromatic N) is 2. The first-order chi connectivity index (χ1) is 11.6. The SMILES string of the molecule is Cc1cccc(NC(=O)c2ccccc2NCc2cnc(Cl)s2)n1. The minimum atomic E-state index is -0.210. The number of benzene rings is 1. The molecular formula is C17H15ClN4OS. The summed E-state index contributed by atoms with van der Waals surface area (Å²) < 4.78 is 0.503. The second kappa shape index (κ2) is 7.42. The van der Waals surface area contributed by atoms with Crippen LogP contribution in [-0.4, -0.2) is 15.9 Å². The van der Waals surface area contributed by atoms with Crippen molar-refractivity contribution in [1.82, 2.24) is 9.97 Å². The maximum absolute atomic E-state index is 12.5. The standard InChI is InChI=1S/C17H15ClN4OS/c1-11-5-4-8-15(21-11)22-16(23)13-6-2-3-7-14(13)19-9-12-10-20-17(18)24-12/h2-8,10,19H,9H2,1H3,(H,21,22,23). The molecule has 0 aliphatic heterocycles. The van der Waals surface area contributed by atoms with Crippen molar-refractivity contribution in [2.75, 3.05) is 10.6 Å². The number of carbonyl (C=O) groups is 1. The van der Waals surface area contributed by atoms with Crippen LogP contribution in [0.3, 0.4) is 0 Å². The fourth-order valence-corrected chi connectivity index (χ4v) is 3.10. The molecule has 0 unspecified atom stereocenters. The lowest BCUT2D eigenvalue weighted by molar-refractivity contribution is 0.102. The average Bonchev–Trinajstić information content (AvgIpc) is 2.99. The molecule has 0 fully saturated rings. The third-order valence-corrected chi connectivity index (χ3v) is 4.39. The lowest BCUT2D eigenvalue weighted by atomic mass is 10.1. The van der Waals surface area contributed by atoms with Crippen molar-refractivity contribution >= 4 is 40.4 Å². The quantitative estimate of drug-likeness (QED) is 0.711. The monoisotopic (exact) mass is 358 g/mol. The number of hydrogen-bond donors (Lipinski definition) is 2. The first kappa shape index (κ1) is 16.4. The van der Waals surface area contributed by atoms with E-state index in [2.05, 4.69) is 20.6 Å². The van der Waals surface area contributed by atoms with Crippen LogP contribution >= 0.6 is 22.9 Å². The molecule has 0 atom stereocenters. The molecule has 0 radical (unpaired) electrons. The number of carbonyl (C=O) groups excluding carboxylic acids is 1. The fourth-order valence-electron chi connectivity index (χ4n) is 2.18. The summed E-state index contributed by atoms with van der Waals surface area (Å²) in [6.07, 6.45) is 1.72. The molecular weight excluding hydrogens is 344 g/mol. The van der Waals surface area contributed by atoms with Crippen LogP contribution in [0.15, 0.2) is 48.7 Å². The number of para-hydroxylation sites is 1. The van der Waals surface area contributed by atoms with Gasteiger partial charge in [-0.1, -0.05) is 29.8 Å². The molecule has 2 N–H and O–H groups in total. The highest BCUT2D eigenvalue weighted by Crippen LogP contribution is 2.21. The number of rotatable bonds is 5. The average molecular weight is 359 g/mol. The second-order valence-electron chi connectivity index (χ2n) is 5.10. The maximum Gasteiger partial charge on any atom is 0.258 e. The number of aromatic nitrogens is 2. The van der Waals surface area contributed by atoms with Gasteiger partial charge in [0, 0.05) is 22.5 Å². The molecule has 122 valence electrons. The van der Waals surface area contributed by atoms with Gasteiger partial charge in [-0.05, 0) is 31.2 Å². The summed E-state index contributed by atoms with van der Waals surface area (Å²) in [5.41, 5.74) is 2.14. The van der Waals surface area contributed by atoms with Gasteiger partial charge in [0.15, 0.2) is 4.47 Å². The topological polar surface area (TPSA) is 66.9 Å². The molecule has 3 aromatic rings. The number of halogens is 1. The molecule has 7 heteroatoms. The van der Waals surface area contributed by atoms with Crippen LogP contribution in [0.25, 0.3) is 0 Å². The molecule has 2 heterocycles. The molecule has 24 heavy (non-hydrogen) atoms. The van der Waals surface area contributed by atoms with Crippen LogP contribution in [0, 0.1) is 6.92 Å². The van der Waals surface area contributed by atoms with E-state index < -0.39 is 0 Å². The molecule has 2 aromatic heterocycles. The van der Waals surface area contributed by atoms with E-state index in [9.17, 15) is 4.79 Å². The Morgan fingerprint density at radius 1 is 1.21 bits per heavy atom. The predicted molar refractivity (Wildman–Crippen MR) is 97.8 cm³/mol. The van der Waals surface area contributed by atoms with Crippen molar-refractivity contribution in [2.45, 2.75) is 13.5 Å². The van der Waals surface area contributed by atoms with Gasteiger partial charge in [-0.2, -0.15) is 0 Å². The lowest BCUT2D eigenvalue weighted by Crippen LogP contribution is -2.15. The predicted octanol–water partition coefficient (Wildman–Crippen LogP) is 4.36. The molecule has 5 nitrogen and oxygen atoms in total. The van der Waals surface area contributed by atoms with E-state index in [1.165, 1.54) is 11.3 Å². The zero-order chi connectivity index (χ0) is 16.9. The van der Waals surface area contributed by atoms with E-state index >= 15 is 0 Å². The van der Waals surface area contributed by atoms with Crippen LogP contribution in [-0.2, 0) is 6.54 Å². The normalized spacial score (nSPS) is 10.4. The van der Waals surface area contributed by atoms with Crippen molar-refractivity contribution in [3.63, 3.8) is 0 Å². The van der Waals surface area contributed by atoms with Gasteiger partial charge in [0.2, 0.25) is 0 Å². The van der Waals surface area contributed by atoms with Crippen molar-refractivity contribution in [3.8, 4) is 0 Å². The minimum absolute atomic E-state index is 0.210. The van der Waals surface area contributed by atoms with E-state index in [0.29, 0.717) is 22.4 Å². The lowest BCUT2D eigenvalue weighted by Gasteiger charge is -2.11. The molecule has 0 aliphatic carbocycles. The highest BCUT2D eigenvalue weighted by Gasteiger charge is 2.12. The summed E-state index contributed by atoms with van der Waals surface area (Å²) in [6, 6.07) is 12.8. The number of hydrogen-bond acceptors (Lipinski definition) is 5. The number of anilines is 2. The number of nitrogens with one attached hydrogen (secondary N) is 2. The maximum atomic E-state index is 12.5. The van der Waals surface area contributed by atoms with Gasteiger partial charge < -0.3 is 10.6 Å². The summed E-state index contributed by atoms with van der Waals surface area (Å²) in [5, 5.41) is 6.07. The van der Waals surface area contributed by atoms with Gasteiger partial charge in [0.25, 0.3) is 5.91 Å². The van der Waals surface area contributed by atoms with Crippen LogP contribution in [0.4, 0.5) is 11.5 Å². The largest absolute Gasteiger partial charge is 0.379 e. The van der Waals surface area contributed by atoms with Gasteiger partial charge in [-0.3, -0.25) is 4.79 Å². The van der Waals surface area contributed by atoms with Crippen molar-refractivity contribution in [3.05, 3.63) is 69.3 Å². The van der Waals surface area contributed by atoms with Gasteiger partial charge in [0.1, 0.15) is 5.82 Å². The number of amides is 1. The third kappa shape index (κ3) is 4.10. The summed E-state index contributed by atoms with van der Waals surface area (Å²) >= 11 is 7.24. The van der Waals surface area contributed by atoms with Gasteiger partial charge in [0.05, 0.1) is 12.1 Å². The molecule has 1 aromatic carbocycles. The van der Waals surface area contributed by atoms with Crippen molar-refractivity contribution in [1.29, 1.82) is 0 Å². The van der Waals surface area contributed by atoms with E-state index in [4.69, 9.17) is 11.6 Å². The highest BCUT2D eigenvalue weighted by atomic mass is 35.5. The van der Waals surface area contributed by atoms with Gasteiger partial charge in [-0.15, -0.1) is 11.3 Å². The zero-order valence-corrected chi connectivity index (χ0v) is 14.5. The summed E-state index contributed by atoms with van der Waals surface area (Å²) in [5.74, 6) is 0.322. The Kier molecular flexibility index (Phi) is 5.08. The zero-order valence-electron chi connectivity index (χ0n) is 12.9. The highest BCUT2D eigenvalue weighted by molar-refractivity contribution is 7.15. The molecule has 3 rings (SSSR count). The van der Waals surface area contributed by atoms with Crippen molar-refractivity contribution < 1.29 is 4.79 Å². The van der Waals surface area contributed by atoms with Gasteiger partial charge >= 0.3 is 0 Å². The smallest absolute Gasteiger partial charge is 0.258 e. The molecule has 0 saturated heterocycles. The Morgan fingerprint density at radius 2 is 2.04 bits per heavy atom. The molecule has 1 amide bonds. The molecule has 0 bridgehead atoms. The first-order valence-corrected chi connectivity index (χ1v) is 8.49. The van der Waals surface area contributed by atoms with Crippen LogP contribution in [0.1, 0.15) is 20.9 Å². The molecule has 0 saturated carbocycles. The van der Waals surface area contributed by atoms with E-state index in [-0.39, 0.29) is 5.91 Å². The van der Waals surface area contributed by atoms with E-state index in [1.807, 2.05) is 37.3 Å². The van der Waals surface area contributed by atoms with Gasteiger partial charge in [-0.25, -0.2) is 9.97 Å². The summed E-state index contributed by atoms with van der Waals surface area (Å²) in [4.78, 5) is 21.8. The Balaban J connectivity index is 1.74. The fraction of sp³-hybridized carbons (Fsp3) is 0.118. The summed E-state index contributed by atoms with van der Waals surface area (Å²) in [7, 11) is 0. The second-order valence-corrected chi connectivity index (χ2v) is 6.79. The number of aryl methyl sites for hydroxylation is 1. The Morgan fingerprint density at radius 3 is 2.79 bits per heavy atom. The van der Waals surface area contributed by atoms with Crippen LogP contribution in [0.5, 0.6) is 0 Å². The number of pyridine rings is 1. The van der Waals surface area contributed by atoms with E-state index in [1.54, 1.807) is 18.3 Å². The summed E-state index contributed by atoms with van der Waals surface area (Å²) in [6.45, 7) is 2.43. The number of thiazole rings is 1.